The van der Waals surface area contributed by atoms with Crippen molar-refractivity contribution in [3.63, 3.8) is 0 Å². The Bertz CT molecular complexity index is 621. The van der Waals surface area contributed by atoms with Crippen LogP contribution in [-0.2, 0) is 18.0 Å². The molecule has 7 nitrogen and oxygen atoms in total. The average Bonchev–Trinajstić information content (AvgIpc) is 2.78. The van der Waals surface area contributed by atoms with Crippen LogP contribution in [0.4, 0.5) is 4.79 Å². The van der Waals surface area contributed by atoms with E-state index in [1.165, 1.54) is 25.5 Å². The van der Waals surface area contributed by atoms with Gasteiger partial charge in [-0.2, -0.15) is 0 Å². The Morgan fingerprint density at radius 3 is 2.16 bits per heavy atom. The second kappa shape index (κ2) is 17.7. The molecule has 0 aliphatic rings. The third kappa shape index (κ3) is 12.2. The molecule has 0 aliphatic heterocycles. The van der Waals surface area contributed by atoms with Crippen LogP contribution in [0.2, 0.25) is 6.04 Å². The Morgan fingerprint density at radius 1 is 0.906 bits per heavy atom. The van der Waals surface area contributed by atoms with Gasteiger partial charge in [0.1, 0.15) is 5.75 Å². The standard InChI is InChI=1S/C24H41NO6Si/c1-5-9-10-11-19-27-23-15-13-22(14-16-23)17-20-28-24(26)25-18-12-21-32(29-6-2,30-7-3)31-8-4/h13-17,20H,5-12,18-19,21H2,1-4H3,(H,25,26)/b20-17+. The van der Waals surface area contributed by atoms with Gasteiger partial charge in [0, 0.05) is 32.4 Å². The summed E-state index contributed by atoms with van der Waals surface area (Å²) in [5.41, 5.74) is 0.928. The molecule has 0 bridgehead atoms. The van der Waals surface area contributed by atoms with Crippen LogP contribution in [0.25, 0.3) is 6.08 Å². The third-order valence-corrected chi connectivity index (χ3v) is 7.76. The van der Waals surface area contributed by atoms with E-state index >= 15 is 0 Å². The molecule has 1 aromatic carbocycles. The molecule has 0 aliphatic carbocycles. The Kier molecular flexibility index (Phi) is 15.5. The number of ether oxygens (including phenoxy) is 2. The highest BCUT2D eigenvalue weighted by Gasteiger charge is 2.39. The van der Waals surface area contributed by atoms with Crippen molar-refractivity contribution in [3.05, 3.63) is 36.1 Å². The highest BCUT2D eigenvalue weighted by molar-refractivity contribution is 6.60. The van der Waals surface area contributed by atoms with Crippen molar-refractivity contribution < 1.29 is 27.5 Å². The molecule has 0 aromatic heterocycles. The van der Waals surface area contributed by atoms with Crippen molar-refractivity contribution in [2.45, 2.75) is 65.8 Å². The van der Waals surface area contributed by atoms with Gasteiger partial charge in [-0.25, -0.2) is 4.79 Å². The zero-order valence-corrected chi connectivity index (χ0v) is 21.2. The fourth-order valence-corrected chi connectivity index (χ4v) is 5.72. The number of nitrogens with one attached hydrogen (secondary N) is 1. The van der Waals surface area contributed by atoms with Crippen LogP contribution in [0, 0.1) is 0 Å². The third-order valence-electron chi connectivity index (χ3n) is 4.60. The summed E-state index contributed by atoms with van der Waals surface area (Å²) >= 11 is 0. The number of hydrogen-bond donors (Lipinski definition) is 1. The molecule has 0 unspecified atom stereocenters. The summed E-state index contributed by atoms with van der Waals surface area (Å²) in [4.78, 5) is 11.9. The molecule has 1 aromatic rings. The molecular weight excluding hydrogens is 426 g/mol. The number of hydrogen-bond acceptors (Lipinski definition) is 6. The van der Waals surface area contributed by atoms with Crippen molar-refractivity contribution in [2.75, 3.05) is 33.0 Å². The molecule has 0 fully saturated rings. The maximum Gasteiger partial charge on any atom is 0.500 e. The lowest BCUT2D eigenvalue weighted by atomic mass is 10.2. The first-order chi connectivity index (χ1) is 15.6. The largest absolute Gasteiger partial charge is 0.500 e. The van der Waals surface area contributed by atoms with Gasteiger partial charge in [-0.15, -0.1) is 0 Å². The normalized spacial score (nSPS) is 11.6. The zero-order valence-electron chi connectivity index (χ0n) is 20.2. The van der Waals surface area contributed by atoms with Crippen molar-refractivity contribution in [3.8, 4) is 5.75 Å². The topological polar surface area (TPSA) is 75.3 Å². The maximum atomic E-state index is 11.9. The molecule has 1 N–H and O–H groups in total. The minimum atomic E-state index is -2.67. The summed E-state index contributed by atoms with van der Waals surface area (Å²) in [6, 6.07) is 8.35. The first kappa shape index (κ1) is 28.2. The number of alkyl carbamates (subject to hydrolysis) is 1. The second-order valence-corrected chi connectivity index (χ2v) is 9.93. The van der Waals surface area contributed by atoms with Crippen molar-refractivity contribution in [1.82, 2.24) is 5.32 Å². The Labute approximate surface area is 194 Å². The molecule has 0 radical (unpaired) electrons. The molecule has 1 amide bonds. The van der Waals surface area contributed by atoms with E-state index in [1.807, 2.05) is 45.0 Å². The van der Waals surface area contributed by atoms with E-state index in [9.17, 15) is 4.79 Å². The molecule has 0 saturated heterocycles. The maximum absolute atomic E-state index is 11.9. The second-order valence-electron chi connectivity index (χ2n) is 7.20. The first-order valence-corrected chi connectivity index (χ1v) is 13.8. The molecule has 0 saturated carbocycles. The Hall–Kier alpha value is -1.87. The summed E-state index contributed by atoms with van der Waals surface area (Å²) in [5, 5.41) is 2.74. The predicted molar refractivity (Wildman–Crippen MR) is 130 cm³/mol. The van der Waals surface area contributed by atoms with E-state index < -0.39 is 14.9 Å². The smallest absolute Gasteiger partial charge is 0.494 e. The number of amides is 1. The molecule has 182 valence electrons. The fraction of sp³-hybridized carbons (Fsp3) is 0.625. The molecule has 0 spiro atoms. The molecule has 0 heterocycles. The average molecular weight is 468 g/mol. The lowest BCUT2D eigenvalue weighted by molar-refractivity contribution is 0.0707. The minimum absolute atomic E-state index is 0.457. The summed E-state index contributed by atoms with van der Waals surface area (Å²) in [6.07, 6.45) is 8.05. The molecule has 0 atom stereocenters. The van der Waals surface area contributed by atoms with Crippen LogP contribution < -0.4 is 10.1 Å². The number of carbonyl (C=O) groups is 1. The van der Waals surface area contributed by atoms with E-state index in [1.54, 1.807) is 6.08 Å². The Morgan fingerprint density at radius 2 is 1.56 bits per heavy atom. The van der Waals surface area contributed by atoms with Crippen LogP contribution in [0.5, 0.6) is 5.75 Å². The van der Waals surface area contributed by atoms with E-state index in [0.29, 0.717) is 38.8 Å². The van der Waals surface area contributed by atoms with Gasteiger partial charge in [-0.05, 0) is 57.4 Å². The van der Waals surface area contributed by atoms with E-state index in [0.717, 1.165) is 24.3 Å². The van der Waals surface area contributed by atoms with Gasteiger partial charge in [0.2, 0.25) is 0 Å². The van der Waals surface area contributed by atoms with Crippen LogP contribution in [-0.4, -0.2) is 47.9 Å². The highest BCUT2D eigenvalue weighted by atomic mass is 28.4. The van der Waals surface area contributed by atoms with Crippen molar-refractivity contribution in [1.29, 1.82) is 0 Å². The fourth-order valence-electron chi connectivity index (χ4n) is 3.11. The summed E-state index contributed by atoms with van der Waals surface area (Å²) < 4.78 is 28.3. The number of benzene rings is 1. The van der Waals surface area contributed by atoms with Crippen LogP contribution >= 0.6 is 0 Å². The van der Waals surface area contributed by atoms with Crippen molar-refractivity contribution >= 4 is 21.0 Å². The van der Waals surface area contributed by atoms with Crippen molar-refractivity contribution in [2.24, 2.45) is 0 Å². The highest BCUT2D eigenvalue weighted by Crippen LogP contribution is 2.18. The first-order valence-electron chi connectivity index (χ1n) is 11.8. The SMILES string of the molecule is CCCCCCOc1ccc(/C=C/OC(=O)NCCC[Si](OCC)(OCC)OCC)cc1. The number of rotatable bonds is 18. The van der Waals surface area contributed by atoms with Gasteiger partial charge in [-0.3, -0.25) is 0 Å². The summed E-state index contributed by atoms with van der Waals surface area (Å²) in [6.45, 7) is 10.8. The van der Waals surface area contributed by atoms with Gasteiger partial charge in [-0.1, -0.05) is 38.3 Å². The molecule has 8 heteroatoms. The van der Waals surface area contributed by atoms with E-state index in [2.05, 4.69) is 12.2 Å². The van der Waals surface area contributed by atoms with E-state index in [4.69, 9.17) is 22.8 Å². The van der Waals surface area contributed by atoms with Gasteiger partial charge >= 0.3 is 14.9 Å². The lowest BCUT2D eigenvalue weighted by Gasteiger charge is -2.28. The quantitative estimate of drug-likeness (QED) is 0.168. The van der Waals surface area contributed by atoms with Gasteiger partial charge in [0.25, 0.3) is 0 Å². The summed E-state index contributed by atoms with van der Waals surface area (Å²) in [5.74, 6) is 0.850. The molecule has 32 heavy (non-hydrogen) atoms. The zero-order chi connectivity index (χ0) is 23.5. The summed E-state index contributed by atoms with van der Waals surface area (Å²) in [7, 11) is -2.67. The van der Waals surface area contributed by atoms with Gasteiger partial charge < -0.3 is 28.1 Å². The minimum Gasteiger partial charge on any atom is -0.494 e. The number of carbonyl (C=O) groups excluding carboxylic acids is 1. The lowest BCUT2D eigenvalue weighted by Crippen LogP contribution is -2.46. The van der Waals surface area contributed by atoms with E-state index in [-0.39, 0.29) is 0 Å². The molecule has 1 rings (SSSR count). The number of unbranched alkanes of at least 4 members (excludes halogenated alkanes) is 3. The predicted octanol–water partition coefficient (Wildman–Crippen LogP) is 5.78. The monoisotopic (exact) mass is 467 g/mol. The van der Waals surface area contributed by atoms with Gasteiger partial charge in [0.15, 0.2) is 0 Å². The van der Waals surface area contributed by atoms with Crippen LogP contribution in [0.3, 0.4) is 0 Å². The van der Waals surface area contributed by atoms with Crippen LogP contribution in [0.1, 0.15) is 65.4 Å². The Balaban J connectivity index is 2.30. The van der Waals surface area contributed by atoms with Crippen LogP contribution in [0.15, 0.2) is 30.5 Å². The molecular formula is C24H41NO6Si. The van der Waals surface area contributed by atoms with Gasteiger partial charge in [0.05, 0.1) is 12.9 Å².